The van der Waals surface area contributed by atoms with Crippen LogP contribution < -0.4 is 9.04 Å². The second kappa shape index (κ2) is 10.5. The zero-order valence-corrected chi connectivity index (χ0v) is 23.1. The van der Waals surface area contributed by atoms with E-state index in [9.17, 15) is 27.1 Å². The lowest BCUT2D eigenvalue weighted by Crippen LogP contribution is -2.25. The van der Waals surface area contributed by atoms with Crippen molar-refractivity contribution in [3.05, 3.63) is 99.7 Å². The van der Waals surface area contributed by atoms with Crippen molar-refractivity contribution in [3.63, 3.8) is 0 Å². The van der Waals surface area contributed by atoms with Crippen molar-refractivity contribution in [2.75, 3.05) is 16.6 Å². The van der Waals surface area contributed by atoms with Crippen LogP contribution in [0.2, 0.25) is 0 Å². The van der Waals surface area contributed by atoms with Crippen molar-refractivity contribution in [2.24, 2.45) is 0 Å². The Bertz CT molecular complexity index is 1700. The van der Waals surface area contributed by atoms with Crippen LogP contribution in [0.15, 0.2) is 71.2 Å². The molecule has 5 rings (SSSR count). The van der Waals surface area contributed by atoms with Crippen LogP contribution in [0, 0.1) is 18.6 Å². The lowest BCUT2D eigenvalue weighted by molar-refractivity contribution is 0.0697. The molecule has 202 valence electrons. The van der Waals surface area contributed by atoms with Gasteiger partial charge < -0.3 is 14.4 Å². The molecule has 0 unspecified atom stereocenters. The van der Waals surface area contributed by atoms with Gasteiger partial charge in [-0.3, -0.25) is 4.31 Å². The number of hydrogen-bond donors (Lipinski definition) is 1. The average Bonchev–Trinajstić information content (AvgIpc) is 3.44. The lowest BCUT2D eigenvalue weighted by Gasteiger charge is -2.21. The summed E-state index contributed by atoms with van der Waals surface area (Å²) < 4.78 is 62.6. The molecule has 1 aliphatic rings. The first kappa shape index (κ1) is 26.9. The van der Waals surface area contributed by atoms with Gasteiger partial charge in [-0.1, -0.05) is 15.9 Å². The Kier molecular flexibility index (Phi) is 7.21. The molecule has 0 amide bonds. The number of ether oxygens (including phenoxy) is 1. The number of nitrogens with zero attached hydrogens (tertiary/aromatic N) is 2. The summed E-state index contributed by atoms with van der Waals surface area (Å²) in [7, 11) is -3.54. The summed E-state index contributed by atoms with van der Waals surface area (Å²) >= 11 is 3.48. The third-order valence-corrected chi connectivity index (χ3v) is 8.85. The number of halogens is 3. The van der Waals surface area contributed by atoms with Gasteiger partial charge in [0, 0.05) is 39.6 Å². The molecule has 0 spiro atoms. The van der Waals surface area contributed by atoms with Gasteiger partial charge in [-0.2, -0.15) is 0 Å². The Hall–Kier alpha value is -3.70. The van der Waals surface area contributed by atoms with Gasteiger partial charge in [0.25, 0.3) is 0 Å². The van der Waals surface area contributed by atoms with Gasteiger partial charge in [-0.25, -0.2) is 22.0 Å². The van der Waals surface area contributed by atoms with E-state index in [1.54, 1.807) is 18.2 Å². The highest BCUT2D eigenvalue weighted by atomic mass is 79.9. The number of sulfonamides is 1. The predicted molar refractivity (Wildman–Crippen MR) is 147 cm³/mol. The Morgan fingerprint density at radius 3 is 2.49 bits per heavy atom. The van der Waals surface area contributed by atoms with Crippen LogP contribution in [0.5, 0.6) is 5.75 Å². The molecule has 11 heteroatoms. The van der Waals surface area contributed by atoms with E-state index >= 15 is 0 Å². The molecule has 0 aliphatic carbocycles. The molecule has 1 N–H and O–H groups in total. The second-order valence-corrected chi connectivity index (χ2v) is 12.1. The molecule has 1 aliphatic heterocycles. The number of benzene rings is 3. The van der Waals surface area contributed by atoms with Crippen LogP contribution in [0.4, 0.5) is 14.5 Å². The van der Waals surface area contributed by atoms with Gasteiger partial charge in [0.2, 0.25) is 10.0 Å². The van der Waals surface area contributed by atoms with Crippen molar-refractivity contribution in [1.82, 2.24) is 4.57 Å². The minimum Gasteiger partial charge on any atom is -0.488 e. The predicted octanol–water partition coefficient (Wildman–Crippen LogP) is 6.31. The molecular formula is C28H23BrF2N2O5S. The van der Waals surface area contributed by atoms with Crippen LogP contribution in [-0.4, -0.2) is 36.4 Å². The third-order valence-electron chi connectivity index (χ3n) is 6.49. The van der Waals surface area contributed by atoms with E-state index in [1.165, 1.54) is 22.5 Å². The van der Waals surface area contributed by atoms with Gasteiger partial charge in [0.15, 0.2) is 0 Å². The summed E-state index contributed by atoms with van der Waals surface area (Å²) in [5.41, 5.74) is 2.89. The lowest BCUT2D eigenvalue weighted by atomic mass is 10.1. The number of anilines is 1. The zero-order chi connectivity index (χ0) is 27.9. The van der Waals surface area contributed by atoms with E-state index in [1.807, 2.05) is 29.7 Å². The largest absolute Gasteiger partial charge is 0.488 e. The quantitative estimate of drug-likeness (QED) is 0.263. The second-order valence-electron chi connectivity index (χ2n) is 9.15. The zero-order valence-electron chi connectivity index (χ0n) is 20.7. The maximum Gasteiger partial charge on any atom is 0.335 e. The fourth-order valence-electron chi connectivity index (χ4n) is 4.64. The summed E-state index contributed by atoms with van der Waals surface area (Å²) in [6.45, 7) is 1.97. The molecule has 0 bridgehead atoms. The Balaban J connectivity index is 1.61. The highest BCUT2D eigenvalue weighted by Gasteiger charge is 2.30. The molecule has 0 saturated carbocycles. The van der Waals surface area contributed by atoms with Crippen molar-refractivity contribution < 1.29 is 31.8 Å². The monoisotopic (exact) mass is 616 g/mol. The first-order chi connectivity index (χ1) is 18.5. The van der Waals surface area contributed by atoms with E-state index in [-0.39, 0.29) is 35.7 Å². The average molecular weight is 617 g/mol. The summed E-state index contributed by atoms with van der Waals surface area (Å²) in [6, 6.07) is 16.7. The van der Waals surface area contributed by atoms with Crippen molar-refractivity contribution in [2.45, 2.75) is 20.0 Å². The number of hydrogen-bond acceptors (Lipinski definition) is 4. The SMILES string of the molecule is Cc1ccc(-c2cc(Br)ccc2OCc2ccc(F)cc2F)n1-c1cc(C(=O)O)cc(N2CCCS2(=O)=O)c1. The Morgan fingerprint density at radius 2 is 1.79 bits per heavy atom. The molecular weight excluding hydrogens is 594 g/mol. The molecule has 2 heterocycles. The Morgan fingerprint density at radius 1 is 1.03 bits per heavy atom. The number of carboxylic acids is 1. The van der Waals surface area contributed by atoms with Gasteiger partial charge in [-0.15, -0.1) is 0 Å². The van der Waals surface area contributed by atoms with Crippen LogP contribution in [0.3, 0.4) is 0 Å². The molecule has 39 heavy (non-hydrogen) atoms. The smallest absolute Gasteiger partial charge is 0.335 e. The number of carbonyl (C=O) groups is 1. The van der Waals surface area contributed by atoms with Gasteiger partial charge in [0.1, 0.15) is 24.0 Å². The first-order valence-corrected chi connectivity index (χ1v) is 14.4. The first-order valence-electron chi connectivity index (χ1n) is 12.0. The van der Waals surface area contributed by atoms with E-state index in [4.69, 9.17) is 4.74 Å². The van der Waals surface area contributed by atoms with Crippen molar-refractivity contribution >= 4 is 37.6 Å². The van der Waals surface area contributed by atoms with Crippen LogP contribution in [0.25, 0.3) is 16.9 Å². The number of rotatable bonds is 7. The molecule has 1 saturated heterocycles. The van der Waals surface area contributed by atoms with Gasteiger partial charge in [-0.05, 0) is 74.0 Å². The normalized spacial score (nSPS) is 14.5. The summed E-state index contributed by atoms with van der Waals surface area (Å²) in [5.74, 6) is -2.17. The van der Waals surface area contributed by atoms with Gasteiger partial charge in [0.05, 0.1) is 22.7 Å². The van der Waals surface area contributed by atoms with E-state index in [0.29, 0.717) is 29.1 Å². The van der Waals surface area contributed by atoms with Crippen LogP contribution >= 0.6 is 15.9 Å². The van der Waals surface area contributed by atoms with Gasteiger partial charge >= 0.3 is 5.97 Å². The maximum absolute atomic E-state index is 14.2. The highest BCUT2D eigenvalue weighted by molar-refractivity contribution is 9.10. The van der Waals surface area contributed by atoms with Crippen molar-refractivity contribution in [3.8, 4) is 22.7 Å². The minimum absolute atomic E-state index is 0.000814. The van der Waals surface area contributed by atoms with Crippen LogP contribution in [0.1, 0.15) is 28.0 Å². The molecule has 0 atom stereocenters. The van der Waals surface area contributed by atoms with E-state index < -0.39 is 27.6 Å². The molecule has 4 aromatic rings. The molecule has 3 aromatic carbocycles. The third kappa shape index (κ3) is 5.41. The molecule has 7 nitrogen and oxygen atoms in total. The summed E-state index contributed by atoms with van der Waals surface area (Å²) in [6.07, 6.45) is 0.455. The summed E-state index contributed by atoms with van der Waals surface area (Å²) in [5, 5.41) is 9.80. The number of aromatic carboxylic acids is 1. The van der Waals surface area contributed by atoms with E-state index in [0.717, 1.165) is 22.3 Å². The fourth-order valence-corrected chi connectivity index (χ4v) is 6.54. The minimum atomic E-state index is -3.54. The topological polar surface area (TPSA) is 88.8 Å². The van der Waals surface area contributed by atoms with Crippen LogP contribution in [-0.2, 0) is 16.6 Å². The standard InChI is InChI=1S/C28H23BrF2N2O5S/c1-17-3-7-26(24-13-20(29)5-8-27(24)38-16-18-4-6-21(30)14-25(18)31)33(17)23-12-19(28(34)35)11-22(15-23)32-9-2-10-39(32,36)37/h3-8,11-15H,2,9-10,16H2,1H3,(H,34,35). The molecule has 1 fully saturated rings. The van der Waals surface area contributed by atoms with E-state index in [2.05, 4.69) is 15.9 Å². The van der Waals surface area contributed by atoms with Crippen molar-refractivity contribution in [1.29, 1.82) is 0 Å². The number of aryl methyl sites for hydroxylation is 1. The number of aromatic nitrogens is 1. The fraction of sp³-hybridized carbons (Fsp3) is 0.179. The Labute approximate surface area is 232 Å². The maximum atomic E-state index is 14.2. The molecule has 1 aromatic heterocycles. The number of carboxylic acid groups (broad SMARTS) is 1. The summed E-state index contributed by atoms with van der Waals surface area (Å²) in [4.78, 5) is 12.0. The highest BCUT2D eigenvalue weighted by Crippen LogP contribution is 2.37. The molecule has 0 radical (unpaired) electrons.